The minimum atomic E-state index is -0.144. The number of piperazine rings is 1. The molecular formula is C28H30N6O2. The number of aliphatic hydroxyl groups excluding tert-OH is 1. The van der Waals surface area contributed by atoms with Crippen molar-refractivity contribution >= 4 is 28.3 Å². The number of pyridine rings is 1. The first kappa shape index (κ1) is 23.7. The van der Waals surface area contributed by atoms with Crippen molar-refractivity contribution in [2.45, 2.75) is 6.42 Å². The zero-order chi connectivity index (χ0) is 24.9. The molecule has 184 valence electrons. The van der Waals surface area contributed by atoms with Gasteiger partial charge in [0, 0.05) is 63.2 Å². The van der Waals surface area contributed by atoms with Crippen LogP contribution in [0.1, 0.15) is 21.6 Å². The number of amides is 1. The lowest BCUT2D eigenvalue weighted by Crippen LogP contribution is -2.47. The van der Waals surface area contributed by atoms with Gasteiger partial charge in [-0.1, -0.05) is 54.6 Å². The largest absolute Gasteiger partial charge is 0.395 e. The molecule has 0 saturated carbocycles. The zero-order valence-corrected chi connectivity index (χ0v) is 20.4. The fraction of sp³-hybridized carbons (Fsp3) is 0.286. The number of hydrogen-bond acceptors (Lipinski definition) is 7. The van der Waals surface area contributed by atoms with E-state index in [4.69, 9.17) is 5.11 Å². The Labute approximate surface area is 210 Å². The summed E-state index contributed by atoms with van der Waals surface area (Å²) in [6, 6.07) is 22.4. The third-order valence-electron chi connectivity index (χ3n) is 6.64. The van der Waals surface area contributed by atoms with Crippen LogP contribution in [0.3, 0.4) is 0 Å². The summed E-state index contributed by atoms with van der Waals surface area (Å²) < 4.78 is 0. The Morgan fingerprint density at radius 2 is 1.58 bits per heavy atom. The van der Waals surface area contributed by atoms with Gasteiger partial charge in [-0.3, -0.25) is 4.79 Å². The SMILES string of the molecule is CN(CCO)C(=O)c1ccc(N2CCN(c3nnc(Cc4ccccc4)c4ccccc34)CC2)nc1. The lowest BCUT2D eigenvalue weighted by atomic mass is 10.0. The van der Waals surface area contributed by atoms with E-state index in [1.807, 2.05) is 12.1 Å². The van der Waals surface area contributed by atoms with Gasteiger partial charge in [-0.25, -0.2) is 4.98 Å². The predicted octanol–water partition coefficient (Wildman–Crippen LogP) is 3.01. The number of aliphatic hydroxyl groups is 1. The van der Waals surface area contributed by atoms with Gasteiger partial charge in [-0.15, -0.1) is 5.10 Å². The number of benzene rings is 2. The van der Waals surface area contributed by atoms with Crippen molar-refractivity contribution in [2.75, 3.05) is 56.2 Å². The third kappa shape index (κ3) is 4.99. The molecule has 4 aromatic rings. The van der Waals surface area contributed by atoms with Gasteiger partial charge in [0.1, 0.15) is 5.82 Å². The smallest absolute Gasteiger partial charge is 0.255 e. The summed E-state index contributed by atoms with van der Waals surface area (Å²) in [5, 5.41) is 20.6. The van der Waals surface area contributed by atoms with Crippen molar-refractivity contribution in [3.8, 4) is 0 Å². The third-order valence-corrected chi connectivity index (χ3v) is 6.64. The van der Waals surface area contributed by atoms with E-state index < -0.39 is 0 Å². The zero-order valence-electron chi connectivity index (χ0n) is 20.4. The first-order chi connectivity index (χ1) is 17.6. The van der Waals surface area contributed by atoms with Gasteiger partial charge in [-0.05, 0) is 17.7 Å². The molecule has 8 nitrogen and oxygen atoms in total. The monoisotopic (exact) mass is 482 g/mol. The van der Waals surface area contributed by atoms with Gasteiger partial charge in [0.2, 0.25) is 0 Å². The second-order valence-corrected chi connectivity index (χ2v) is 9.01. The van der Waals surface area contributed by atoms with E-state index in [0.29, 0.717) is 12.1 Å². The van der Waals surface area contributed by atoms with Crippen molar-refractivity contribution in [1.29, 1.82) is 0 Å². The van der Waals surface area contributed by atoms with Gasteiger partial charge >= 0.3 is 0 Å². The maximum Gasteiger partial charge on any atom is 0.255 e. The highest BCUT2D eigenvalue weighted by atomic mass is 16.3. The highest BCUT2D eigenvalue weighted by Gasteiger charge is 2.22. The number of anilines is 2. The highest BCUT2D eigenvalue weighted by Crippen LogP contribution is 2.28. The molecule has 1 N–H and O–H groups in total. The minimum Gasteiger partial charge on any atom is -0.395 e. The van der Waals surface area contributed by atoms with Crippen LogP contribution >= 0.6 is 0 Å². The van der Waals surface area contributed by atoms with Gasteiger partial charge in [0.25, 0.3) is 5.91 Å². The maximum atomic E-state index is 12.4. The van der Waals surface area contributed by atoms with Gasteiger partial charge in [0.05, 0.1) is 17.9 Å². The number of carbonyl (C=O) groups excluding carboxylic acids is 1. The van der Waals surface area contributed by atoms with Crippen LogP contribution in [0.4, 0.5) is 11.6 Å². The van der Waals surface area contributed by atoms with Crippen LogP contribution in [0.2, 0.25) is 0 Å². The molecule has 1 aliphatic rings. The average Bonchev–Trinajstić information content (AvgIpc) is 2.94. The molecule has 0 spiro atoms. The Balaban J connectivity index is 1.29. The molecule has 0 bridgehead atoms. The highest BCUT2D eigenvalue weighted by molar-refractivity contribution is 5.94. The van der Waals surface area contributed by atoms with E-state index in [-0.39, 0.29) is 12.5 Å². The summed E-state index contributed by atoms with van der Waals surface area (Å²) in [4.78, 5) is 22.9. The first-order valence-electron chi connectivity index (χ1n) is 12.2. The van der Waals surface area contributed by atoms with E-state index in [1.165, 1.54) is 10.5 Å². The Kier molecular flexibility index (Phi) is 7.04. The van der Waals surface area contributed by atoms with Crippen LogP contribution in [0.5, 0.6) is 0 Å². The number of hydrogen-bond donors (Lipinski definition) is 1. The van der Waals surface area contributed by atoms with Crippen molar-refractivity contribution in [1.82, 2.24) is 20.1 Å². The molecule has 0 atom stereocenters. The first-order valence-corrected chi connectivity index (χ1v) is 12.2. The summed E-state index contributed by atoms with van der Waals surface area (Å²) in [5.74, 6) is 1.63. The van der Waals surface area contributed by atoms with Crippen LogP contribution in [-0.2, 0) is 6.42 Å². The maximum absolute atomic E-state index is 12.4. The average molecular weight is 483 g/mol. The molecule has 0 radical (unpaired) electrons. The summed E-state index contributed by atoms with van der Waals surface area (Å²) >= 11 is 0. The second-order valence-electron chi connectivity index (χ2n) is 9.01. The van der Waals surface area contributed by atoms with E-state index in [9.17, 15) is 4.79 Å². The fourth-order valence-electron chi connectivity index (χ4n) is 4.62. The van der Waals surface area contributed by atoms with E-state index in [0.717, 1.165) is 60.7 Å². The molecule has 2 aromatic heterocycles. The molecule has 3 heterocycles. The van der Waals surface area contributed by atoms with E-state index in [2.05, 4.69) is 73.5 Å². The number of aromatic nitrogens is 3. The Hall–Kier alpha value is -4.04. The summed E-state index contributed by atoms with van der Waals surface area (Å²) in [5.41, 5.74) is 2.73. The molecule has 5 rings (SSSR count). The fourth-order valence-corrected chi connectivity index (χ4v) is 4.62. The number of rotatable bonds is 7. The van der Waals surface area contributed by atoms with E-state index >= 15 is 0 Å². The summed E-state index contributed by atoms with van der Waals surface area (Å²) in [7, 11) is 1.67. The van der Waals surface area contributed by atoms with Crippen LogP contribution in [-0.4, -0.2) is 77.5 Å². The normalized spacial score (nSPS) is 13.7. The Morgan fingerprint density at radius 1 is 0.889 bits per heavy atom. The topological polar surface area (TPSA) is 85.7 Å². The van der Waals surface area contributed by atoms with Gasteiger partial charge in [0.15, 0.2) is 5.82 Å². The van der Waals surface area contributed by atoms with Crippen molar-refractivity contribution < 1.29 is 9.90 Å². The van der Waals surface area contributed by atoms with Crippen LogP contribution in [0.15, 0.2) is 72.9 Å². The Morgan fingerprint density at radius 3 is 2.28 bits per heavy atom. The number of carbonyl (C=O) groups is 1. The second kappa shape index (κ2) is 10.7. The van der Waals surface area contributed by atoms with Gasteiger partial charge in [-0.2, -0.15) is 5.10 Å². The molecule has 1 amide bonds. The molecule has 1 aliphatic heterocycles. The van der Waals surface area contributed by atoms with Crippen molar-refractivity contribution in [3.05, 3.63) is 89.7 Å². The summed E-state index contributed by atoms with van der Waals surface area (Å²) in [6.07, 6.45) is 2.37. The summed E-state index contributed by atoms with van der Waals surface area (Å²) in [6.45, 7) is 3.44. The molecule has 1 saturated heterocycles. The van der Waals surface area contributed by atoms with Crippen molar-refractivity contribution in [3.63, 3.8) is 0 Å². The lowest BCUT2D eigenvalue weighted by Gasteiger charge is -2.36. The molecule has 8 heteroatoms. The molecule has 0 aliphatic carbocycles. The molecule has 2 aromatic carbocycles. The number of fused-ring (bicyclic) bond motifs is 1. The standard InChI is InChI=1S/C28H30N6O2/c1-32(17-18-35)28(36)22-11-12-26(29-20-22)33-13-15-34(16-14-33)27-24-10-6-5-9-23(24)25(30-31-27)19-21-7-3-2-4-8-21/h2-12,20,35H,13-19H2,1H3. The minimum absolute atomic E-state index is 0.0621. The molecule has 0 unspecified atom stereocenters. The molecule has 1 fully saturated rings. The quantitative estimate of drug-likeness (QED) is 0.433. The molecule has 36 heavy (non-hydrogen) atoms. The number of likely N-dealkylation sites (N-methyl/N-ethyl adjacent to an activating group) is 1. The molecular weight excluding hydrogens is 452 g/mol. The van der Waals surface area contributed by atoms with Gasteiger partial charge < -0.3 is 19.8 Å². The lowest BCUT2D eigenvalue weighted by molar-refractivity contribution is 0.0766. The Bertz CT molecular complexity index is 1320. The van der Waals surface area contributed by atoms with Crippen LogP contribution < -0.4 is 9.80 Å². The predicted molar refractivity (Wildman–Crippen MR) is 141 cm³/mol. The van der Waals surface area contributed by atoms with Crippen LogP contribution in [0.25, 0.3) is 10.8 Å². The van der Waals surface area contributed by atoms with Crippen molar-refractivity contribution in [2.24, 2.45) is 0 Å². The van der Waals surface area contributed by atoms with E-state index in [1.54, 1.807) is 19.3 Å². The number of nitrogens with zero attached hydrogens (tertiary/aromatic N) is 6. The van der Waals surface area contributed by atoms with Crippen LogP contribution in [0, 0.1) is 0 Å².